The third-order valence-electron chi connectivity index (χ3n) is 4.80. The van der Waals surface area contributed by atoms with Gasteiger partial charge < -0.3 is 14.8 Å². The van der Waals surface area contributed by atoms with Crippen molar-refractivity contribution >= 4 is 38.1 Å². The summed E-state index contributed by atoms with van der Waals surface area (Å²) in [6, 6.07) is 15.6. The first kappa shape index (κ1) is 20.0. The molecule has 0 saturated heterocycles. The molecule has 0 bridgehead atoms. The first-order valence-corrected chi connectivity index (χ1v) is 11.1. The molecule has 0 radical (unpaired) electrons. The molecule has 3 aromatic carbocycles. The second-order valence-corrected chi connectivity index (χ2v) is 8.55. The lowest BCUT2D eigenvalue weighted by atomic mass is 10.1. The monoisotopic (exact) mass is 426 g/mol. The molecular weight excluding hydrogens is 404 g/mol. The fraction of sp³-hybridized carbons (Fsp3) is 0.227. The van der Waals surface area contributed by atoms with Gasteiger partial charge in [0, 0.05) is 17.1 Å². The van der Waals surface area contributed by atoms with Crippen molar-refractivity contribution in [2.24, 2.45) is 0 Å². The van der Waals surface area contributed by atoms with Crippen molar-refractivity contribution in [3.05, 3.63) is 54.6 Å². The molecule has 0 unspecified atom stereocenters. The molecule has 0 aliphatic carbocycles. The van der Waals surface area contributed by atoms with Gasteiger partial charge in [-0.25, -0.2) is 8.42 Å². The predicted octanol–water partition coefficient (Wildman–Crippen LogP) is 3.78. The summed E-state index contributed by atoms with van der Waals surface area (Å²) < 4.78 is 38.3. The number of carbonyl (C=O) groups is 1. The Morgan fingerprint density at radius 1 is 0.967 bits per heavy atom. The highest BCUT2D eigenvalue weighted by Gasteiger charge is 2.36. The zero-order valence-corrected chi connectivity index (χ0v) is 17.5. The van der Waals surface area contributed by atoms with Gasteiger partial charge in [0.15, 0.2) is 11.5 Å². The van der Waals surface area contributed by atoms with Crippen LogP contribution < -0.4 is 19.1 Å². The van der Waals surface area contributed by atoms with E-state index < -0.39 is 15.9 Å². The number of sulfonamides is 1. The molecule has 3 aromatic rings. The number of ether oxygens (including phenoxy) is 2. The van der Waals surface area contributed by atoms with Crippen molar-refractivity contribution in [2.45, 2.75) is 18.7 Å². The molecule has 1 aliphatic heterocycles. The summed E-state index contributed by atoms with van der Waals surface area (Å²) in [7, 11) is -3.79. The maximum atomic E-state index is 13.0. The minimum absolute atomic E-state index is 0.225. The fourth-order valence-corrected chi connectivity index (χ4v) is 5.25. The van der Waals surface area contributed by atoms with Crippen LogP contribution in [0.1, 0.15) is 13.8 Å². The maximum absolute atomic E-state index is 13.0. The lowest BCUT2D eigenvalue weighted by molar-refractivity contribution is -0.114. The topological polar surface area (TPSA) is 84.9 Å². The molecule has 1 heterocycles. The minimum atomic E-state index is -3.79. The SMILES string of the molecule is CCOc1ccc(NC(=O)CN2c3cccc4cccc(c34)S2(=O)=O)cc1OCC. The average molecular weight is 426 g/mol. The first-order valence-electron chi connectivity index (χ1n) is 9.69. The van der Waals surface area contributed by atoms with E-state index in [1.54, 1.807) is 42.5 Å². The van der Waals surface area contributed by atoms with Crippen LogP contribution in [0.3, 0.4) is 0 Å². The molecule has 156 valence electrons. The number of nitrogens with zero attached hydrogens (tertiary/aromatic N) is 1. The maximum Gasteiger partial charge on any atom is 0.265 e. The van der Waals surface area contributed by atoms with Crippen molar-refractivity contribution in [2.75, 3.05) is 29.4 Å². The van der Waals surface area contributed by atoms with Gasteiger partial charge in [-0.1, -0.05) is 24.3 Å². The summed E-state index contributed by atoms with van der Waals surface area (Å²) in [5, 5.41) is 4.22. The van der Waals surface area contributed by atoms with Crippen LogP contribution in [0.5, 0.6) is 11.5 Å². The van der Waals surface area contributed by atoms with E-state index in [2.05, 4.69) is 5.32 Å². The number of hydrogen-bond donors (Lipinski definition) is 1. The molecule has 0 aromatic heterocycles. The summed E-state index contributed by atoms with van der Waals surface area (Å²) in [5.41, 5.74) is 1.01. The number of amides is 1. The lowest BCUT2D eigenvalue weighted by Gasteiger charge is -2.19. The normalized spacial score (nSPS) is 14.0. The van der Waals surface area contributed by atoms with E-state index in [1.807, 2.05) is 26.0 Å². The van der Waals surface area contributed by atoms with Crippen molar-refractivity contribution < 1.29 is 22.7 Å². The standard InChI is InChI=1S/C22H22N2O5S/c1-3-28-18-12-11-16(13-19(18)29-4-2)23-21(25)14-24-17-9-5-7-15-8-6-10-20(22(15)17)30(24,26)27/h5-13H,3-4,14H2,1-2H3,(H,23,25). The molecule has 30 heavy (non-hydrogen) atoms. The lowest BCUT2D eigenvalue weighted by Crippen LogP contribution is -2.35. The number of rotatable bonds is 7. The molecule has 4 rings (SSSR count). The molecular formula is C22H22N2O5S. The van der Waals surface area contributed by atoms with Gasteiger partial charge in [0.2, 0.25) is 5.91 Å². The Bertz CT molecular complexity index is 1220. The molecule has 1 N–H and O–H groups in total. The number of hydrogen-bond acceptors (Lipinski definition) is 5. The number of nitrogens with one attached hydrogen (secondary N) is 1. The van der Waals surface area contributed by atoms with Crippen LogP contribution in [0, 0.1) is 0 Å². The predicted molar refractivity (Wildman–Crippen MR) is 116 cm³/mol. The van der Waals surface area contributed by atoms with E-state index in [-0.39, 0.29) is 11.4 Å². The third-order valence-corrected chi connectivity index (χ3v) is 6.60. The van der Waals surface area contributed by atoms with Gasteiger partial charge in [-0.3, -0.25) is 9.10 Å². The van der Waals surface area contributed by atoms with E-state index in [0.717, 1.165) is 9.69 Å². The number of carbonyl (C=O) groups excluding carboxylic acids is 1. The van der Waals surface area contributed by atoms with Crippen LogP contribution in [0.2, 0.25) is 0 Å². The minimum Gasteiger partial charge on any atom is -0.490 e. The van der Waals surface area contributed by atoms with Crippen LogP contribution >= 0.6 is 0 Å². The van der Waals surface area contributed by atoms with Crippen LogP contribution in [0.25, 0.3) is 10.8 Å². The molecule has 0 fully saturated rings. The Hall–Kier alpha value is -3.26. The number of anilines is 2. The quantitative estimate of drug-likeness (QED) is 0.621. The van der Waals surface area contributed by atoms with E-state index in [1.165, 1.54) is 0 Å². The summed E-state index contributed by atoms with van der Waals surface area (Å²) in [6.45, 7) is 4.35. The van der Waals surface area contributed by atoms with E-state index >= 15 is 0 Å². The Morgan fingerprint density at radius 2 is 1.67 bits per heavy atom. The van der Waals surface area contributed by atoms with Crippen LogP contribution in [0.15, 0.2) is 59.5 Å². The van der Waals surface area contributed by atoms with Crippen molar-refractivity contribution in [3.8, 4) is 11.5 Å². The Balaban J connectivity index is 1.58. The van der Waals surface area contributed by atoms with Gasteiger partial charge >= 0.3 is 0 Å². The van der Waals surface area contributed by atoms with Gasteiger partial charge in [-0.05, 0) is 43.5 Å². The van der Waals surface area contributed by atoms with Crippen molar-refractivity contribution in [3.63, 3.8) is 0 Å². The zero-order chi connectivity index (χ0) is 21.3. The summed E-state index contributed by atoms with van der Waals surface area (Å²) in [6.07, 6.45) is 0. The highest BCUT2D eigenvalue weighted by atomic mass is 32.2. The largest absolute Gasteiger partial charge is 0.490 e. The second-order valence-electron chi connectivity index (χ2n) is 6.72. The summed E-state index contributed by atoms with van der Waals surface area (Å²) in [5.74, 6) is 0.653. The van der Waals surface area contributed by atoms with Crippen LogP contribution in [-0.2, 0) is 14.8 Å². The van der Waals surface area contributed by atoms with E-state index in [4.69, 9.17) is 9.47 Å². The van der Waals surface area contributed by atoms with Crippen LogP contribution in [-0.4, -0.2) is 34.1 Å². The Labute approximate surface area is 175 Å². The van der Waals surface area contributed by atoms with Crippen molar-refractivity contribution in [1.82, 2.24) is 0 Å². The van der Waals surface area contributed by atoms with E-state index in [9.17, 15) is 13.2 Å². The van der Waals surface area contributed by atoms with Gasteiger partial charge in [0.05, 0.1) is 23.8 Å². The highest BCUT2D eigenvalue weighted by molar-refractivity contribution is 7.93. The number of benzene rings is 3. The van der Waals surface area contributed by atoms with Crippen molar-refractivity contribution in [1.29, 1.82) is 0 Å². The highest BCUT2D eigenvalue weighted by Crippen LogP contribution is 2.41. The summed E-state index contributed by atoms with van der Waals surface area (Å²) in [4.78, 5) is 12.9. The molecule has 0 saturated carbocycles. The van der Waals surface area contributed by atoms with Gasteiger partial charge in [-0.2, -0.15) is 0 Å². The van der Waals surface area contributed by atoms with Gasteiger partial charge in [0.1, 0.15) is 6.54 Å². The van der Waals surface area contributed by atoms with Crippen LogP contribution in [0.4, 0.5) is 11.4 Å². The molecule has 1 amide bonds. The average Bonchev–Trinajstić information content (AvgIpc) is 2.94. The van der Waals surface area contributed by atoms with Gasteiger partial charge in [0.25, 0.3) is 10.0 Å². The van der Waals surface area contributed by atoms with E-state index in [0.29, 0.717) is 41.5 Å². The third kappa shape index (κ3) is 3.43. The molecule has 0 atom stereocenters. The molecule has 8 heteroatoms. The molecule has 7 nitrogen and oxygen atoms in total. The van der Waals surface area contributed by atoms with Gasteiger partial charge in [-0.15, -0.1) is 0 Å². The molecule has 0 spiro atoms. The Kier molecular flexibility index (Phi) is 5.26. The smallest absolute Gasteiger partial charge is 0.265 e. The summed E-state index contributed by atoms with van der Waals surface area (Å²) >= 11 is 0. The molecule has 1 aliphatic rings. The Morgan fingerprint density at radius 3 is 2.40 bits per heavy atom. The first-order chi connectivity index (χ1) is 14.5. The second kappa shape index (κ2) is 7.87. The zero-order valence-electron chi connectivity index (χ0n) is 16.7. The fourth-order valence-electron chi connectivity index (χ4n) is 3.59.